The first-order valence-electron chi connectivity index (χ1n) is 6.75. The molecule has 106 valence electrons. The van der Waals surface area contributed by atoms with E-state index < -0.39 is 0 Å². The molecule has 0 fully saturated rings. The van der Waals surface area contributed by atoms with E-state index >= 15 is 0 Å². The summed E-state index contributed by atoms with van der Waals surface area (Å²) in [6, 6.07) is 6.14. The highest BCUT2D eigenvalue weighted by Gasteiger charge is 2.13. The molecule has 19 heavy (non-hydrogen) atoms. The van der Waals surface area contributed by atoms with Gasteiger partial charge in [-0.15, -0.1) is 0 Å². The van der Waals surface area contributed by atoms with E-state index in [1.165, 1.54) is 0 Å². The maximum atomic E-state index is 11.1. The third-order valence-corrected chi connectivity index (χ3v) is 2.82. The first-order chi connectivity index (χ1) is 9.02. The van der Waals surface area contributed by atoms with Gasteiger partial charge in [0.25, 0.3) is 0 Å². The van der Waals surface area contributed by atoms with Crippen LogP contribution < -0.4 is 11.1 Å². The lowest BCUT2D eigenvalue weighted by Gasteiger charge is -2.24. The van der Waals surface area contributed by atoms with Crippen molar-refractivity contribution in [3.63, 3.8) is 0 Å². The fourth-order valence-corrected chi connectivity index (χ4v) is 1.75. The topological polar surface area (TPSA) is 71.2 Å². The number of carbonyl (C=O) groups excluding carboxylic acids is 1. The lowest BCUT2D eigenvalue weighted by molar-refractivity contribution is -0.119. The van der Waals surface area contributed by atoms with Crippen LogP contribution in [0.5, 0.6) is 0 Å². The maximum absolute atomic E-state index is 11.1. The molecular formula is C14H24N4O. The maximum Gasteiger partial charge on any atom is 0.231 e. The minimum atomic E-state index is -0.311. The van der Waals surface area contributed by atoms with Crippen molar-refractivity contribution in [1.29, 1.82) is 0 Å². The third kappa shape index (κ3) is 5.70. The van der Waals surface area contributed by atoms with Crippen LogP contribution in [0.1, 0.15) is 32.9 Å². The number of aromatic nitrogens is 1. The van der Waals surface area contributed by atoms with E-state index in [2.05, 4.69) is 17.2 Å². The van der Waals surface area contributed by atoms with Crippen molar-refractivity contribution in [1.82, 2.24) is 9.88 Å². The van der Waals surface area contributed by atoms with Gasteiger partial charge in [-0.05, 0) is 32.4 Å². The van der Waals surface area contributed by atoms with Crippen LogP contribution in [0, 0.1) is 0 Å². The average Bonchev–Trinajstić information content (AvgIpc) is 2.35. The van der Waals surface area contributed by atoms with E-state index in [4.69, 9.17) is 5.73 Å². The second-order valence-electron chi connectivity index (χ2n) is 4.91. The highest BCUT2D eigenvalue weighted by Crippen LogP contribution is 2.09. The number of primary amides is 1. The number of carbonyl (C=O) groups is 1. The number of anilines is 1. The summed E-state index contributed by atoms with van der Waals surface area (Å²) in [7, 11) is 0. The molecule has 0 unspecified atom stereocenters. The van der Waals surface area contributed by atoms with E-state index in [0.717, 1.165) is 24.5 Å². The lowest BCUT2D eigenvalue weighted by Crippen LogP contribution is -2.38. The Balaban J connectivity index is 2.70. The third-order valence-electron chi connectivity index (χ3n) is 2.82. The predicted octanol–water partition coefficient (Wildman–Crippen LogP) is 1.60. The predicted molar refractivity (Wildman–Crippen MR) is 77.8 cm³/mol. The van der Waals surface area contributed by atoms with Crippen molar-refractivity contribution in [3.05, 3.63) is 23.9 Å². The molecule has 3 N–H and O–H groups in total. The van der Waals surface area contributed by atoms with Crippen molar-refractivity contribution in [2.75, 3.05) is 18.4 Å². The van der Waals surface area contributed by atoms with Crippen molar-refractivity contribution in [3.8, 4) is 0 Å². The molecule has 0 aliphatic carbocycles. The Bertz CT molecular complexity index is 406. The molecule has 1 aromatic rings. The summed E-state index contributed by atoms with van der Waals surface area (Å²) in [4.78, 5) is 17.6. The summed E-state index contributed by atoms with van der Waals surface area (Å²) < 4.78 is 0. The number of amides is 1. The summed E-state index contributed by atoms with van der Waals surface area (Å²) in [5.41, 5.74) is 6.21. The van der Waals surface area contributed by atoms with E-state index in [9.17, 15) is 4.79 Å². The number of hydrogen-bond donors (Lipinski definition) is 2. The van der Waals surface area contributed by atoms with Gasteiger partial charge in [-0.3, -0.25) is 9.69 Å². The van der Waals surface area contributed by atoms with Crippen LogP contribution in [0.15, 0.2) is 18.2 Å². The van der Waals surface area contributed by atoms with Gasteiger partial charge in [0, 0.05) is 19.1 Å². The molecule has 1 amide bonds. The van der Waals surface area contributed by atoms with Gasteiger partial charge < -0.3 is 11.1 Å². The SMILES string of the molecule is CCCNc1cccc(CN(CC(N)=O)C(C)C)n1. The molecule has 0 spiro atoms. The van der Waals surface area contributed by atoms with Crippen molar-refractivity contribution >= 4 is 11.7 Å². The van der Waals surface area contributed by atoms with Gasteiger partial charge in [0.1, 0.15) is 5.82 Å². The van der Waals surface area contributed by atoms with Gasteiger partial charge in [0.2, 0.25) is 5.91 Å². The average molecular weight is 264 g/mol. The monoisotopic (exact) mass is 264 g/mol. The molecule has 0 aliphatic rings. The second-order valence-corrected chi connectivity index (χ2v) is 4.91. The van der Waals surface area contributed by atoms with Crippen molar-refractivity contribution in [2.24, 2.45) is 5.73 Å². The molecular weight excluding hydrogens is 240 g/mol. The zero-order chi connectivity index (χ0) is 14.3. The van der Waals surface area contributed by atoms with Crippen LogP contribution in [0.4, 0.5) is 5.82 Å². The number of nitrogens with two attached hydrogens (primary N) is 1. The minimum Gasteiger partial charge on any atom is -0.370 e. The molecule has 0 saturated heterocycles. The highest BCUT2D eigenvalue weighted by atomic mass is 16.1. The van der Waals surface area contributed by atoms with Gasteiger partial charge in [-0.1, -0.05) is 13.0 Å². The number of pyridine rings is 1. The fraction of sp³-hybridized carbons (Fsp3) is 0.571. The summed E-state index contributed by atoms with van der Waals surface area (Å²) in [5.74, 6) is 0.566. The largest absolute Gasteiger partial charge is 0.370 e. The van der Waals surface area contributed by atoms with Gasteiger partial charge in [-0.2, -0.15) is 0 Å². The van der Waals surface area contributed by atoms with E-state index in [0.29, 0.717) is 6.54 Å². The van der Waals surface area contributed by atoms with Gasteiger partial charge in [-0.25, -0.2) is 4.98 Å². The first-order valence-corrected chi connectivity index (χ1v) is 6.75. The highest BCUT2D eigenvalue weighted by molar-refractivity contribution is 5.75. The Labute approximate surface area is 115 Å². The Morgan fingerprint density at radius 3 is 2.79 bits per heavy atom. The Kier molecular flexibility index (Phi) is 6.29. The van der Waals surface area contributed by atoms with E-state index in [-0.39, 0.29) is 18.5 Å². The van der Waals surface area contributed by atoms with Crippen LogP contribution in [-0.2, 0) is 11.3 Å². The van der Waals surface area contributed by atoms with Crippen LogP contribution in [0.3, 0.4) is 0 Å². The zero-order valence-electron chi connectivity index (χ0n) is 12.0. The zero-order valence-corrected chi connectivity index (χ0v) is 12.0. The smallest absolute Gasteiger partial charge is 0.231 e. The van der Waals surface area contributed by atoms with E-state index in [1.807, 2.05) is 36.9 Å². The van der Waals surface area contributed by atoms with Crippen LogP contribution >= 0.6 is 0 Å². The molecule has 1 heterocycles. The molecule has 1 aromatic heterocycles. The summed E-state index contributed by atoms with van der Waals surface area (Å²) in [5, 5.41) is 3.26. The molecule has 1 rings (SSSR count). The summed E-state index contributed by atoms with van der Waals surface area (Å²) in [6.07, 6.45) is 1.06. The summed E-state index contributed by atoms with van der Waals surface area (Å²) >= 11 is 0. The number of rotatable bonds is 8. The van der Waals surface area contributed by atoms with Gasteiger partial charge in [0.15, 0.2) is 0 Å². The normalized spacial score (nSPS) is 11.0. The Morgan fingerprint density at radius 2 is 2.21 bits per heavy atom. The second kappa shape index (κ2) is 7.74. The summed E-state index contributed by atoms with van der Waals surface area (Å²) in [6.45, 7) is 7.99. The standard InChI is InChI=1S/C14H24N4O/c1-4-8-16-14-7-5-6-12(17-14)9-18(11(2)3)10-13(15)19/h5-7,11H,4,8-10H2,1-3H3,(H2,15,19)(H,16,17). The van der Waals surface area contributed by atoms with Crippen molar-refractivity contribution < 1.29 is 4.79 Å². The lowest BCUT2D eigenvalue weighted by atomic mass is 10.2. The molecule has 0 radical (unpaired) electrons. The van der Waals surface area contributed by atoms with Crippen LogP contribution in [0.2, 0.25) is 0 Å². The number of nitrogens with one attached hydrogen (secondary N) is 1. The Hall–Kier alpha value is -1.62. The quantitative estimate of drug-likeness (QED) is 0.748. The molecule has 0 aromatic carbocycles. The number of hydrogen-bond acceptors (Lipinski definition) is 4. The van der Waals surface area contributed by atoms with Crippen molar-refractivity contribution in [2.45, 2.75) is 39.8 Å². The van der Waals surface area contributed by atoms with Gasteiger partial charge in [0.05, 0.1) is 12.2 Å². The Morgan fingerprint density at radius 1 is 1.47 bits per heavy atom. The van der Waals surface area contributed by atoms with Gasteiger partial charge >= 0.3 is 0 Å². The molecule has 5 heteroatoms. The van der Waals surface area contributed by atoms with Crippen LogP contribution in [-0.4, -0.2) is 34.9 Å². The number of nitrogens with zero attached hydrogens (tertiary/aromatic N) is 2. The minimum absolute atomic E-state index is 0.251. The van der Waals surface area contributed by atoms with Crippen LogP contribution in [0.25, 0.3) is 0 Å². The molecule has 5 nitrogen and oxygen atoms in total. The fourth-order valence-electron chi connectivity index (χ4n) is 1.75. The molecule has 0 bridgehead atoms. The molecule has 0 saturated carbocycles. The van der Waals surface area contributed by atoms with E-state index in [1.54, 1.807) is 0 Å². The molecule has 0 aliphatic heterocycles. The first kappa shape index (κ1) is 15.4. The molecule has 0 atom stereocenters.